The van der Waals surface area contributed by atoms with Crippen molar-refractivity contribution in [1.29, 1.82) is 0 Å². The Morgan fingerprint density at radius 1 is 1.00 bits per heavy atom. The number of anilines is 1. The Balaban J connectivity index is 1.76. The molecule has 0 aromatic heterocycles. The van der Waals surface area contributed by atoms with Gasteiger partial charge in [0.25, 0.3) is 0 Å². The van der Waals surface area contributed by atoms with E-state index in [4.69, 9.17) is 16.3 Å². The first-order chi connectivity index (χ1) is 12.5. The van der Waals surface area contributed by atoms with Crippen molar-refractivity contribution >= 4 is 49.1 Å². The van der Waals surface area contributed by atoms with Crippen molar-refractivity contribution in [2.24, 2.45) is 0 Å². The molecule has 0 aliphatic carbocycles. The maximum absolute atomic E-state index is 6.11. The minimum atomic E-state index is 0.481. The average Bonchev–Trinajstić information content (AvgIpc) is 2.60. The first-order valence-electron chi connectivity index (χ1n) is 8.17. The van der Waals surface area contributed by atoms with E-state index in [1.165, 1.54) is 5.56 Å². The second kappa shape index (κ2) is 8.94. The summed E-state index contributed by atoms with van der Waals surface area (Å²) < 4.78 is 8.03. The highest BCUT2D eigenvalue weighted by molar-refractivity contribution is 9.11. The van der Waals surface area contributed by atoms with Crippen LogP contribution in [0.1, 0.15) is 16.7 Å². The highest BCUT2D eigenvalue weighted by Crippen LogP contribution is 2.34. The van der Waals surface area contributed by atoms with Crippen LogP contribution in [0.25, 0.3) is 0 Å². The van der Waals surface area contributed by atoms with Gasteiger partial charge >= 0.3 is 0 Å². The average molecular weight is 496 g/mol. The van der Waals surface area contributed by atoms with E-state index in [-0.39, 0.29) is 0 Å². The zero-order valence-electron chi connectivity index (χ0n) is 14.2. The number of ether oxygens (including phenoxy) is 1. The molecule has 0 fully saturated rings. The summed E-state index contributed by atoms with van der Waals surface area (Å²) >= 11 is 13.1. The van der Waals surface area contributed by atoms with Crippen molar-refractivity contribution in [2.45, 2.75) is 20.1 Å². The van der Waals surface area contributed by atoms with Gasteiger partial charge in [0, 0.05) is 27.3 Å². The molecule has 0 aliphatic rings. The Morgan fingerprint density at radius 3 is 2.50 bits per heavy atom. The zero-order chi connectivity index (χ0) is 18.5. The summed E-state index contributed by atoms with van der Waals surface area (Å²) in [6, 6.07) is 20.1. The van der Waals surface area contributed by atoms with Gasteiger partial charge in [0.2, 0.25) is 0 Å². The van der Waals surface area contributed by atoms with E-state index in [1.807, 2.05) is 36.4 Å². The van der Waals surface area contributed by atoms with Crippen LogP contribution in [0, 0.1) is 6.92 Å². The molecule has 3 rings (SSSR count). The first-order valence-corrected chi connectivity index (χ1v) is 10.1. The molecule has 5 heteroatoms. The maximum Gasteiger partial charge on any atom is 0.139 e. The van der Waals surface area contributed by atoms with Crippen LogP contribution in [0.3, 0.4) is 0 Å². The van der Waals surface area contributed by atoms with Crippen molar-refractivity contribution in [2.75, 3.05) is 5.32 Å². The van der Waals surface area contributed by atoms with Crippen molar-refractivity contribution in [3.8, 4) is 5.75 Å². The van der Waals surface area contributed by atoms with Crippen LogP contribution < -0.4 is 10.1 Å². The van der Waals surface area contributed by atoms with Crippen LogP contribution in [0.15, 0.2) is 69.6 Å². The molecule has 3 aromatic rings. The third kappa shape index (κ3) is 5.26. The van der Waals surface area contributed by atoms with Gasteiger partial charge in [0.05, 0.1) is 4.47 Å². The highest BCUT2D eigenvalue weighted by Gasteiger charge is 2.11. The van der Waals surface area contributed by atoms with Crippen LogP contribution >= 0.6 is 43.5 Å². The molecule has 0 spiro atoms. The second-order valence-corrected chi connectivity index (χ2v) is 8.22. The van der Waals surface area contributed by atoms with E-state index < -0.39 is 0 Å². The molecular formula is C21H18Br2ClNO. The molecule has 0 radical (unpaired) electrons. The molecule has 0 saturated heterocycles. The fourth-order valence-corrected chi connectivity index (χ4v) is 4.15. The molecule has 0 aliphatic heterocycles. The Hall–Kier alpha value is -1.49. The largest absolute Gasteiger partial charge is 0.487 e. The number of hydrogen-bond acceptors (Lipinski definition) is 2. The third-order valence-corrected chi connectivity index (χ3v) is 5.18. The van der Waals surface area contributed by atoms with Gasteiger partial charge in [-0.2, -0.15) is 0 Å². The molecule has 26 heavy (non-hydrogen) atoms. The molecule has 2 nitrogen and oxygen atoms in total. The monoisotopic (exact) mass is 493 g/mol. The van der Waals surface area contributed by atoms with Gasteiger partial charge in [-0.25, -0.2) is 0 Å². The Bertz CT molecular complexity index is 897. The third-order valence-electron chi connectivity index (χ3n) is 3.88. The Labute approximate surface area is 175 Å². The summed E-state index contributed by atoms with van der Waals surface area (Å²) in [5.74, 6) is 0.836. The van der Waals surface area contributed by atoms with E-state index in [0.717, 1.165) is 36.5 Å². The zero-order valence-corrected chi connectivity index (χ0v) is 18.2. The minimum Gasteiger partial charge on any atom is -0.487 e. The molecule has 0 saturated carbocycles. The second-order valence-electron chi connectivity index (χ2n) is 6.01. The van der Waals surface area contributed by atoms with Crippen LogP contribution in [-0.4, -0.2) is 0 Å². The fourth-order valence-electron chi connectivity index (χ4n) is 2.60. The summed E-state index contributed by atoms with van der Waals surface area (Å²) in [4.78, 5) is 0. The Kier molecular flexibility index (Phi) is 6.63. The standard InChI is InChI=1S/C21H18Br2ClNO/c1-14-3-2-4-19(9-14)25-12-16-10-17(22)11-20(23)21(16)26-13-15-5-7-18(24)8-6-15/h2-11,25H,12-13H2,1H3. The van der Waals surface area contributed by atoms with Gasteiger partial charge in [-0.15, -0.1) is 0 Å². The normalized spacial score (nSPS) is 10.6. The molecule has 0 atom stereocenters. The van der Waals surface area contributed by atoms with Crippen LogP contribution in [0.4, 0.5) is 5.69 Å². The van der Waals surface area contributed by atoms with Crippen LogP contribution in [-0.2, 0) is 13.2 Å². The van der Waals surface area contributed by atoms with E-state index in [9.17, 15) is 0 Å². The lowest BCUT2D eigenvalue weighted by atomic mass is 10.1. The van der Waals surface area contributed by atoms with Gasteiger partial charge in [-0.05, 0) is 70.4 Å². The fraction of sp³-hybridized carbons (Fsp3) is 0.143. The lowest BCUT2D eigenvalue weighted by molar-refractivity contribution is 0.301. The van der Waals surface area contributed by atoms with Crippen LogP contribution in [0.2, 0.25) is 5.02 Å². The number of benzene rings is 3. The summed E-state index contributed by atoms with van der Waals surface area (Å²) in [5, 5.41) is 4.19. The molecule has 0 amide bonds. The lowest BCUT2D eigenvalue weighted by Crippen LogP contribution is -2.05. The van der Waals surface area contributed by atoms with Crippen LogP contribution in [0.5, 0.6) is 5.75 Å². The molecule has 0 heterocycles. The molecule has 0 bridgehead atoms. The molecule has 134 valence electrons. The number of nitrogens with one attached hydrogen (secondary N) is 1. The van der Waals surface area contributed by atoms with E-state index >= 15 is 0 Å². The summed E-state index contributed by atoms with van der Waals surface area (Å²) in [6.07, 6.45) is 0. The number of hydrogen-bond donors (Lipinski definition) is 1. The SMILES string of the molecule is Cc1cccc(NCc2cc(Br)cc(Br)c2OCc2ccc(Cl)cc2)c1. The number of rotatable bonds is 6. The molecule has 3 aromatic carbocycles. The maximum atomic E-state index is 6.11. The number of halogens is 3. The molecular weight excluding hydrogens is 477 g/mol. The predicted molar refractivity (Wildman–Crippen MR) is 116 cm³/mol. The summed E-state index contributed by atoms with van der Waals surface area (Å²) in [7, 11) is 0. The van der Waals surface area contributed by atoms with Crippen molar-refractivity contribution in [1.82, 2.24) is 0 Å². The van der Waals surface area contributed by atoms with Crippen molar-refractivity contribution in [3.05, 3.63) is 91.3 Å². The van der Waals surface area contributed by atoms with E-state index in [1.54, 1.807) is 0 Å². The lowest BCUT2D eigenvalue weighted by Gasteiger charge is -2.16. The summed E-state index contributed by atoms with van der Waals surface area (Å²) in [5.41, 5.74) is 4.46. The van der Waals surface area contributed by atoms with Gasteiger partial charge in [-0.3, -0.25) is 0 Å². The van der Waals surface area contributed by atoms with E-state index in [0.29, 0.717) is 13.2 Å². The minimum absolute atomic E-state index is 0.481. The van der Waals surface area contributed by atoms with E-state index in [2.05, 4.69) is 68.4 Å². The Morgan fingerprint density at radius 2 is 1.77 bits per heavy atom. The van der Waals surface area contributed by atoms with Crippen molar-refractivity contribution in [3.63, 3.8) is 0 Å². The van der Waals surface area contributed by atoms with Gasteiger partial charge < -0.3 is 10.1 Å². The topological polar surface area (TPSA) is 21.3 Å². The van der Waals surface area contributed by atoms with Gasteiger partial charge in [0.15, 0.2) is 0 Å². The quantitative estimate of drug-likeness (QED) is 0.386. The molecule has 0 unspecified atom stereocenters. The van der Waals surface area contributed by atoms with Gasteiger partial charge in [0.1, 0.15) is 12.4 Å². The predicted octanol–water partition coefficient (Wildman–Crippen LogP) is 7.36. The first kappa shape index (κ1) is 19.3. The summed E-state index contributed by atoms with van der Waals surface area (Å²) in [6.45, 7) is 3.23. The number of aryl methyl sites for hydroxylation is 1. The van der Waals surface area contributed by atoms with Gasteiger partial charge in [-0.1, -0.05) is 51.8 Å². The smallest absolute Gasteiger partial charge is 0.139 e. The highest BCUT2D eigenvalue weighted by atomic mass is 79.9. The molecule has 1 N–H and O–H groups in total. The van der Waals surface area contributed by atoms with Crippen molar-refractivity contribution < 1.29 is 4.74 Å².